The van der Waals surface area contributed by atoms with E-state index in [1.165, 1.54) is 0 Å². The average molecular weight is 414 g/mol. The molecule has 1 amide bonds. The van der Waals surface area contributed by atoms with Gasteiger partial charge >= 0.3 is 0 Å². The van der Waals surface area contributed by atoms with Gasteiger partial charge in [-0.3, -0.25) is 9.48 Å². The molecule has 0 radical (unpaired) electrons. The van der Waals surface area contributed by atoms with Crippen molar-refractivity contribution >= 4 is 17.5 Å². The first-order valence-electron chi connectivity index (χ1n) is 9.15. The van der Waals surface area contributed by atoms with Gasteiger partial charge in [0.05, 0.1) is 20.4 Å². The van der Waals surface area contributed by atoms with Gasteiger partial charge in [-0.25, -0.2) is 0 Å². The highest BCUT2D eigenvalue weighted by molar-refractivity contribution is 6.30. The van der Waals surface area contributed by atoms with E-state index in [4.69, 9.17) is 21.1 Å². The quantitative estimate of drug-likeness (QED) is 0.628. The van der Waals surface area contributed by atoms with Gasteiger partial charge in [-0.1, -0.05) is 29.8 Å². The fraction of sp³-hybridized carbons (Fsp3) is 0.273. The Morgan fingerprint density at radius 2 is 1.86 bits per heavy atom. The molecule has 0 atom stereocenters. The minimum Gasteiger partial charge on any atom is -0.493 e. The summed E-state index contributed by atoms with van der Waals surface area (Å²) in [6.45, 7) is 4.05. The summed E-state index contributed by atoms with van der Waals surface area (Å²) in [4.78, 5) is 12.8. The van der Waals surface area contributed by atoms with Crippen LogP contribution in [0.2, 0.25) is 5.02 Å². The molecule has 152 valence electrons. The van der Waals surface area contributed by atoms with Gasteiger partial charge < -0.3 is 14.8 Å². The number of methoxy groups -OCH3 is 2. The largest absolute Gasteiger partial charge is 0.493 e. The number of halogens is 1. The second-order valence-corrected chi connectivity index (χ2v) is 7.55. The van der Waals surface area contributed by atoms with Crippen LogP contribution in [0.3, 0.4) is 0 Å². The molecule has 6 nitrogen and oxygen atoms in total. The van der Waals surface area contributed by atoms with Crippen LogP contribution < -0.4 is 14.8 Å². The number of nitrogens with zero attached hydrogens (tertiary/aromatic N) is 2. The van der Waals surface area contributed by atoms with Crippen LogP contribution in [-0.4, -0.2) is 29.9 Å². The molecule has 0 unspecified atom stereocenters. The summed E-state index contributed by atoms with van der Waals surface area (Å²) < 4.78 is 12.3. The summed E-state index contributed by atoms with van der Waals surface area (Å²) in [6.07, 6.45) is 3.58. The zero-order chi connectivity index (χ0) is 21.0. The number of ether oxygens (including phenoxy) is 2. The lowest BCUT2D eigenvalue weighted by atomic mass is 10.0. The van der Waals surface area contributed by atoms with E-state index in [-0.39, 0.29) is 5.91 Å². The van der Waals surface area contributed by atoms with Gasteiger partial charge in [-0.05, 0) is 49.2 Å². The van der Waals surface area contributed by atoms with Crippen molar-refractivity contribution in [2.75, 3.05) is 14.2 Å². The minimum absolute atomic E-state index is 0.139. The molecule has 7 heteroatoms. The lowest BCUT2D eigenvalue weighted by Crippen LogP contribution is -2.44. The smallest absolute Gasteiger partial charge is 0.247 e. The summed E-state index contributed by atoms with van der Waals surface area (Å²) >= 11 is 6.00. The van der Waals surface area contributed by atoms with Crippen LogP contribution in [0.4, 0.5) is 0 Å². The Labute approximate surface area is 175 Å². The van der Waals surface area contributed by atoms with Gasteiger partial charge in [0.1, 0.15) is 5.54 Å². The van der Waals surface area contributed by atoms with Gasteiger partial charge in [-0.15, -0.1) is 0 Å². The summed E-state index contributed by atoms with van der Waals surface area (Å²) in [5, 5.41) is 8.01. The SMILES string of the molecule is COc1ccc(-c2cnn(C(C)(C)C(=O)NCc3cccc(Cl)c3)c2)cc1OC. The molecule has 0 fully saturated rings. The number of benzene rings is 2. The molecule has 0 aliphatic carbocycles. The Kier molecular flexibility index (Phi) is 6.13. The first-order chi connectivity index (χ1) is 13.8. The molecule has 1 heterocycles. The number of carbonyl (C=O) groups is 1. The number of rotatable bonds is 7. The highest BCUT2D eigenvalue weighted by Crippen LogP contribution is 2.32. The van der Waals surface area contributed by atoms with Crippen LogP contribution in [0.15, 0.2) is 54.9 Å². The van der Waals surface area contributed by atoms with E-state index in [2.05, 4.69) is 10.4 Å². The van der Waals surface area contributed by atoms with Gasteiger partial charge in [0.2, 0.25) is 5.91 Å². The van der Waals surface area contributed by atoms with Crippen molar-refractivity contribution in [2.24, 2.45) is 0 Å². The molecule has 1 aromatic heterocycles. The second-order valence-electron chi connectivity index (χ2n) is 7.11. The molecule has 0 saturated heterocycles. The van der Waals surface area contributed by atoms with Crippen LogP contribution in [-0.2, 0) is 16.9 Å². The third kappa shape index (κ3) is 4.54. The molecule has 2 aromatic carbocycles. The van der Waals surface area contributed by atoms with Crippen molar-refractivity contribution in [3.8, 4) is 22.6 Å². The monoisotopic (exact) mass is 413 g/mol. The van der Waals surface area contributed by atoms with E-state index < -0.39 is 5.54 Å². The van der Waals surface area contributed by atoms with Gasteiger partial charge in [0.15, 0.2) is 11.5 Å². The maximum Gasteiger partial charge on any atom is 0.247 e. The second kappa shape index (κ2) is 8.57. The van der Waals surface area contributed by atoms with Gasteiger partial charge in [0.25, 0.3) is 0 Å². The van der Waals surface area contributed by atoms with E-state index in [1.807, 2.05) is 56.4 Å². The molecule has 1 N–H and O–H groups in total. The summed E-state index contributed by atoms with van der Waals surface area (Å²) in [6, 6.07) is 13.1. The fourth-order valence-corrected chi connectivity index (χ4v) is 3.16. The summed E-state index contributed by atoms with van der Waals surface area (Å²) in [5.41, 5.74) is 1.87. The van der Waals surface area contributed by atoms with Crippen LogP contribution >= 0.6 is 11.6 Å². The highest BCUT2D eigenvalue weighted by atomic mass is 35.5. The molecule has 0 aliphatic rings. The number of hydrogen-bond acceptors (Lipinski definition) is 4. The number of hydrogen-bond donors (Lipinski definition) is 1. The average Bonchev–Trinajstić information content (AvgIpc) is 3.22. The third-order valence-electron chi connectivity index (χ3n) is 4.77. The van der Waals surface area contributed by atoms with Crippen molar-refractivity contribution in [3.63, 3.8) is 0 Å². The summed E-state index contributed by atoms with van der Waals surface area (Å²) in [5.74, 6) is 1.15. The van der Waals surface area contributed by atoms with Crippen molar-refractivity contribution in [2.45, 2.75) is 25.9 Å². The van der Waals surface area contributed by atoms with Crippen LogP contribution in [0.5, 0.6) is 11.5 Å². The molecular weight excluding hydrogens is 390 g/mol. The molecule has 0 saturated carbocycles. The number of amides is 1. The lowest BCUT2D eigenvalue weighted by Gasteiger charge is -2.24. The van der Waals surface area contributed by atoms with E-state index in [0.29, 0.717) is 23.1 Å². The fourth-order valence-electron chi connectivity index (χ4n) is 2.94. The zero-order valence-electron chi connectivity index (χ0n) is 16.9. The molecule has 3 rings (SSSR count). The molecule has 0 bridgehead atoms. The molecule has 0 spiro atoms. The van der Waals surface area contributed by atoms with Crippen molar-refractivity contribution in [3.05, 3.63) is 65.4 Å². The normalized spacial score (nSPS) is 11.2. The van der Waals surface area contributed by atoms with E-state index in [1.54, 1.807) is 31.2 Å². The number of nitrogens with one attached hydrogen (secondary N) is 1. The van der Waals surface area contributed by atoms with Gasteiger partial charge in [0, 0.05) is 23.3 Å². The number of aromatic nitrogens is 2. The van der Waals surface area contributed by atoms with Crippen LogP contribution in [0.25, 0.3) is 11.1 Å². The maximum absolute atomic E-state index is 12.8. The predicted octanol–water partition coefficient (Wildman–Crippen LogP) is 4.27. The lowest BCUT2D eigenvalue weighted by molar-refractivity contribution is -0.129. The molecule has 3 aromatic rings. The number of carbonyl (C=O) groups excluding carboxylic acids is 1. The summed E-state index contributed by atoms with van der Waals surface area (Å²) in [7, 11) is 3.19. The standard InChI is InChI=1S/C22H24ClN3O3/c1-22(2,21(27)24-12-15-6-5-7-18(23)10-15)26-14-17(13-25-26)16-8-9-19(28-3)20(11-16)29-4/h5-11,13-14H,12H2,1-4H3,(H,24,27). The molecular formula is C22H24ClN3O3. The highest BCUT2D eigenvalue weighted by Gasteiger charge is 2.30. The van der Waals surface area contributed by atoms with E-state index in [0.717, 1.165) is 16.7 Å². The molecule has 29 heavy (non-hydrogen) atoms. The predicted molar refractivity (Wildman–Crippen MR) is 113 cm³/mol. The van der Waals surface area contributed by atoms with Gasteiger partial charge in [-0.2, -0.15) is 5.10 Å². The first kappa shape index (κ1) is 20.7. The Hall–Kier alpha value is -2.99. The zero-order valence-corrected chi connectivity index (χ0v) is 17.7. The van der Waals surface area contributed by atoms with Crippen molar-refractivity contribution in [1.29, 1.82) is 0 Å². The molecule has 0 aliphatic heterocycles. The van der Waals surface area contributed by atoms with Crippen molar-refractivity contribution < 1.29 is 14.3 Å². The van der Waals surface area contributed by atoms with E-state index >= 15 is 0 Å². The van der Waals surface area contributed by atoms with Crippen LogP contribution in [0.1, 0.15) is 19.4 Å². The minimum atomic E-state index is -0.868. The Bertz CT molecular complexity index is 1010. The third-order valence-corrected chi connectivity index (χ3v) is 5.01. The maximum atomic E-state index is 12.8. The topological polar surface area (TPSA) is 65.4 Å². The van der Waals surface area contributed by atoms with Crippen molar-refractivity contribution in [1.82, 2.24) is 15.1 Å². The first-order valence-corrected chi connectivity index (χ1v) is 9.53. The Morgan fingerprint density at radius 1 is 1.10 bits per heavy atom. The Balaban J connectivity index is 1.76. The van der Waals surface area contributed by atoms with E-state index in [9.17, 15) is 4.79 Å². The van der Waals surface area contributed by atoms with Crippen LogP contribution in [0, 0.1) is 0 Å². The Morgan fingerprint density at radius 3 is 2.55 bits per heavy atom.